The molecule has 0 aromatic carbocycles. The van der Waals surface area contributed by atoms with E-state index in [4.69, 9.17) is 0 Å². The Kier molecular flexibility index (Phi) is 4.59. The van der Waals surface area contributed by atoms with Crippen molar-refractivity contribution in [2.24, 2.45) is 5.92 Å². The first-order chi connectivity index (χ1) is 9.16. The molecule has 0 unspecified atom stereocenters. The molecule has 5 amide bonds. The maximum atomic E-state index is 11.5. The molecule has 0 aromatic heterocycles. The SMILES string of the molecule is O=C(NCCN1C(=O)CNC1=O)NCC1CCCC1. The third-order valence-corrected chi connectivity index (χ3v) is 3.58. The largest absolute Gasteiger partial charge is 0.338 e. The molecular formula is C12H20N4O3. The molecule has 0 atom stereocenters. The molecule has 2 fully saturated rings. The Bertz CT molecular complexity index is 350. The van der Waals surface area contributed by atoms with E-state index < -0.39 is 6.03 Å². The lowest BCUT2D eigenvalue weighted by atomic mass is 10.1. The van der Waals surface area contributed by atoms with Crippen LogP contribution in [0.15, 0.2) is 0 Å². The van der Waals surface area contributed by atoms with E-state index in [1.807, 2.05) is 0 Å². The number of nitrogens with one attached hydrogen (secondary N) is 3. The molecule has 0 aromatic rings. The van der Waals surface area contributed by atoms with E-state index in [0.717, 1.165) is 4.90 Å². The summed E-state index contributed by atoms with van der Waals surface area (Å²) in [5.74, 6) is 0.342. The number of nitrogens with zero attached hydrogens (tertiary/aromatic N) is 1. The fourth-order valence-corrected chi connectivity index (χ4v) is 2.48. The van der Waals surface area contributed by atoms with Crippen molar-refractivity contribution in [1.29, 1.82) is 0 Å². The highest BCUT2D eigenvalue weighted by molar-refractivity contribution is 6.01. The van der Waals surface area contributed by atoms with Gasteiger partial charge in [-0.15, -0.1) is 0 Å². The fourth-order valence-electron chi connectivity index (χ4n) is 2.48. The van der Waals surface area contributed by atoms with E-state index in [1.54, 1.807) is 0 Å². The highest BCUT2D eigenvalue weighted by Gasteiger charge is 2.27. The summed E-state index contributed by atoms with van der Waals surface area (Å²) in [6.07, 6.45) is 4.87. The molecule has 2 aliphatic rings. The number of urea groups is 2. The smallest absolute Gasteiger partial charge is 0.324 e. The standard InChI is InChI=1S/C12H20N4O3/c17-10-8-15-12(19)16(10)6-5-13-11(18)14-7-9-3-1-2-4-9/h9H,1-8H2,(H,15,19)(H2,13,14,18). The van der Waals surface area contributed by atoms with Gasteiger partial charge in [0.2, 0.25) is 5.91 Å². The number of hydrogen-bond donors (Lipinski definition) is 3. The number of carbonyl (C=O) groups is 3. The minimum atomic E-state index is -0.391. The van der Waals surface area contributed by atoms with Crippen LogP contribution < -0.4 is 16.0 Å². The maximum Gasteiger partial charge on any atom is 0.324 e. The van der Waals surface area contributed by atoms with E-state index >= 15 is 0 Å². The topological polar surface area (TPSA) is 90.5 Å². The van der Waals surface area contributed by atoms with Gasteiger partial charge in [-0.2, -0.15) is 0 Å². The molecule has 0 radical (unpaired) electrons. The molecule has 3 N–H and O–H groups in total. The molecule has 2 rings (SSSR count). The van der Waals surface area contributed by atoms with Gasteiger partial charge in [0.25, 0.3) is 0 Å². The van der Waals surface area contributed by atoms with E-state index in [0.29, 0.717) is 12.5 Å². The molecule has 0 spiro atoms. The van der Waals surface area contributed by atoms with Gasteiger partial charge in [-0.1, -0.05) is 12.8 Å². The predicted molar refractivity (Wildman–Crippen MR) is 68.5 cm³/mol. The summed E-state index contributed by atoms with van der Waals surface area (Å²) in [5, 5.41) is 7.90. The van der Waals surface area contributed by atoms with Gasteiger partial charge in [0, 0.05) is 19.6 Å². The van der Waals surface area contributed by atoms with Gasteiger partial charge in [-0.25, -0.2) is 9.59 Å². The second-order valence-corrected chi connectivity index (χ2v) is 4.99. The summed E-state index contributed by atoms with van der Waals surface area (Å²) in [4.78, 5) is 35.1. The van der Waals surface area contributed by atoms with E-state index in [1.165, 1.54) is 25.7 Å². The van der Waals surface area contributed by atoms with Gasteiger partial charge < -0.3 is 16.0 Å². The summed E-state index contributed by atoms with van der Waals surface area (Å²) >= 11 is 0. The van der Waals surface area contributed by atoms with Gasteiger partial charge in [-0.05, 0) is 18.8 Å². The lowest BCUT2D eigenvalue weighted by molar-refractivity contribution is -0.124. The maximum absolute atomic E-state index is 11.5. The van der Waals surface area contributed by atoms with Crippen LogP contribution in [0.1, 0.15) is 25.7 Å². The molecule has 1 saturated carbocycles. The van der Waals surface area contributed by atoms with Gasteiger partial charge in [0.15, 0.2) is 0 Å². The Balaban J connectivity index is 1.58. The van der Waals surface area contributed by atoms with E-state index in [2.05, 4.69) is 16.0 Å². The Morgan fingerprint density at radius 1 is 1.26 bits per heavy atom. The molecule has 106 valence electrons. The third-order valence-electron chi connectivity index (χ3n) is 3.58. The van der Waals surface area contributed by atoms with Crippen LogP contribution >= 0.6 is 0 Å². The molecule has 1 saturated heterocycles. The molecule has 1 aliphatic heterocycles. The monoisotopic (exact) mass is 268 g/mol. The van der Waals surface area contributed by atoms with Crippen molar-refractivity contribution < 1.29 is 14.4 Å². The van der Waals surface area contributed by atoms with Crippen molar-refractivity contribution in [1.82, 2.24) is 20.9 Å². The average molecular weight is 268 g/mol. The highest BCUT2D eigenvalue weighted by Crippen LogP contribution is 2.23. The summed E-state index contributed by atoms with van der Waals surface area (Å²) < 4.78 is 0. The quantitative estimate of drug-likeness (QED) is 0.614. The first-order valence-corrected chi connectivity index (χ1v) is 6.76. The van der Waals surface area contributed by atoms with Crippen LogP contribution in [0.3, 0.4) is 0 Å². The van der Waals surface area contributed by atoms with Crippen LogP contribution in [-0.2, 0) is 4.79 Å². The van der Waals surface area contributed by atoms with Gasteiger partial charge in [0.1, 0.15) is 0 Å². The Hall–Kier alpha value is -1.79. The number of imide groups is 1. The van der Waals surface area contributed by atoms with Gasteiger partial charge in [0.05, 0.1) is 6.54 Å². The van der Waals surface area contributed by atoms with Gasteiger partial charge in [-0.3, -0.25) is 9.69 Å². The van der Waals surface area contributed by atoms with Gasteiger partial charge >= 0.3 is 12.1 Å². The average Bonchev–Trinajstić information content (AvgIpc) is 3.00. The van der Waals surface area contributed by atoms with Crippen molar-refractivity contribution in [2.75, 3.05) is 26.2 Å². The lowest BCUT2D eigenvalue weighted by Gasteiger charge is -2.14. The Labute approximate surface area is 112 Å². The molecule has 1 aliphatic carbocycles. The fraction of sp³-hybridized carbons (Fsp3) is 0.750. The van der Waals surface area contributed by atoms with Crippen molar-refractivity contribution in [3.63, 3.8) is 0 Å². The first kappa shape index (κ1) is 13.6. The minimum Gasteiger partial charge on any atom is -0.338 e. The third kappa shape index (κ3) is 3.84. The van der Waals surface area contributed by atoms with Crippen LogP contribution in [0.2, 0.25) is 0 Å². The number of hydrogen-bond acceptors (Lipinski definition) is 3. The van der Waals surface area contributed by atoms with Crippen LogP contribution in [-0.4, -0.2) is 49.0 Å². The van der Waals surface area contributed by atoms with Crippen molar-refractivity contribution in [2.45, 2.75) is 25.7 Å². The molecule has 19 heavy (non-hydrogen) atoms. The Morgan fingerprint density at radius 2 is 2.00 bits per heavy atom. The molecule has 0 bridgehead atoms. The van der Waals surface area contributed by atoms with Crippen molar-refractivity contribution >= 4 is 18.0 Å². The number of amides is 5. The second kappa shape index (κ2) is 6.40. The Morgan fingerprint density at radius 3 is 2.63 bits per heavy atom. The predicted octanol–water partition coefficient (Wildman–Crippen LogP) is 0.0276. The van der Waals surface area contributed by atoms with Crippen LogP contribution in [0.4, 0.5) is 9.59 Å². The normalized spacial score (nSPS) is 19.7. The summed E-state index contributed by atoms with van der Waals surface area (Å²) in [6, 6.07) is -0.628. The second-order valence-electron chi connectivity index (χ2n) is 4.99. The summed E-state index contributed by atoms with van der Waals surface area (Å²) in [6.45, 7) is 1.23. The van der Waals surface area contributed by atoms with Crippen LogP contribution in [0.25, 0.3) is 0 Å². The minimum absolute atomic E-state index is 0.0483. The first-order valence-electron chi connectivity index (χ1n) is 6.76. The molecule has 1 heterocycles. The number of carbonyl (C=O) groups excluding carboxylic acids is 3. The summed E-state index contributed by atoms with van der Waals surface area (Å²) in [5.41, 5.74) is 0. The molecular weight excluding hydrogens is 248 g/mol. The van der Waals surface area contributed by atoms with Crippen LogP contribution in [0.5, 0.6) is 0 Å². The summed E-state index contributed by atoms with van der Waals surface area (Å²) in [7, 11) is 0. The zero-order valence-corrected chi connectivity index (χ0v) is 10.9. The zero-order chi connectivity index (χ0) is 13.7. The molecule has 7 heteroatoms. The van der Waals surface area contributed by atoms with Crippen molar-refractivity contribution in [3.05, 3.63) is 0 Å². The van der Waals surface area contributed by atoms with E-state index in [-0.39, 0.29) is 31.6 Å². The zero-order valence-electron chi connectivity index (χ0n) is 10.9. The van der Waals surface area contributed by atoms with Crippen LogP contribution in [0, 0.1) is 5.92 Å². The highest BCUT2D eigenvalue weighted by atomic mass is 16.2. The van der Waals surface area contributed by atoms with E-state index in [9.17, 15) is 14.4 Å². The molecule has 7 nitrogen and oxygen atoms in total. The lowest BCUT2D eigenvalue weighted by Crippen LogP contribution is -2.43. The number of rotatable bonds is 5. The van der Waals surface area contributed by atoms with Crippen molar-refractivity contribution in [3.8, 4) is 0 Å².